The van der Waals surface area contributed by atoms with Gasteiger partial charge in [0.05, 0.1) is 34.0 Å². The third-order valence-electron chi connectivity index (χ3n) is 4.12. The number of carbonyl (C=O) groups is 1. The SMILES string of the molecule is COc1c(C)c(Cc2ccccc2C(=O)O)c(OC)c(OC)c1OC. The molecule has 6 nitrogen and oxygen atoms in total. The number of carboxylic acids is 1. The van der Waals surface area contributed by atoms with Crippen molar-refractivity contribution in [3.05, 3.63) is 46.5 Å². The van der Waals surface area contributed by atoms with Gasteiger partial charge in [0.15, 0.2) is 11.5 Å². The van der Waals surface area contributed by atoms with Crippen LogP contribution in [0.15, 0.2) is 24.3 Å². The van der Waals surface area contributed by atoms with Crippen LogP contribution in [0, 0.1) is 6.92 Å². The second-order valence-electron chi connectivity index (χ2n) is 5.38. The average molecular weight is 346 g/mol. The number of ether oxygens (including phenoxy) is 4. The molecular weight excluding hydrogens is 324 g/mol. The summed E-state index contributed by atoms with van der Waals surface area (Å²) in [6.07, 6.45) is 0.355. The van der Waals surface area contributed by atoms with Crippen LogP contribution < -0.4 is 18.9 Å². The van der Waals surface area contributed by atoms with Crippen molar-refractivity contribution in [2.45, 2.75) is 13.3 Å². The topological polar surface area (TPSA) is 74.2 Å². The van der Waals surface area contributed by atoms with E-state index in [9.17, 15) is 9.90 Å². The predicted molar refractivity (Wildman–Crippen MR) is 93.6 cm³/mol. The van der Waals surface area contributed by atoms with Crippen LogP contribution in [0.4, 0.5) is 0 Å². The molecule has 0 aliphatic rings. The number of rotatable bonds is 7. The van der Waals surface area contributed by atoms with E-state index in [0.717, 1.165) is 11.1 Å². The van der Waals surface area contributed by atoms with Crippen molar-refractivity contribution in [2.24, 2.45) is 0 Å². The molecule has 25 heavy (non-hydrogen) atoms. The molecule has 0 aliphatic carbocycles. The molecule has 0 bridgehead atoms. The molecule has 1 N–H and O–H groups in total. The van der Waals surface area contributed by atoms with E-state index in [0.29, 0.717) is 35.0 Å². The van der Waals surface area contributed by atoms with Crippen LogP contribution in [-0.4, -0.2) is 39.5 Å². The molecular formula is C19H22O6. The predicted octanol–water partition coefficient (Wildman–Crippen LogP) is 3.32. The van der Waals surface area contributed by atoms with E-state index in [4.69, 9.17) is 18.9 Å². The van der Waals surface area contributed by atoms with Gasteiger partial charge in [0.2, 0.25) is 11.5 Å². The van der Waals surface area contributed by atoms with Crippen molar-refractivity contribution in [1.82, 2.24) is 0 Å². The van der Waals surface area contributed by atoms with Crippen LogP contribution in [0.1, 0.15) is 27.0 Å². The van der Waals surface area contributed by atoms with Gasteiger partial charge in [0, 0.05) is 17.5 Å². The number of hydrogen-bond donors (Lipinski definition) is 1. The van der Waals surface area contributed by atoms with Crippen LogP contribution >= 0.6 is 0 Å². The Labute approximate surface area is 146 Å². The number of aromatic carboxylic acids is 1. The van der Waals surface area contributed by atoms with E-state index in [-0.39, 0.29) is 5.56 Å². The second-order valence-corrected chi connectivity index (χ2v) is 5.38. The lowest BCUT2D eigenvalue weighted by Crippen LogP contribution is -2.08. The summed E-state index contributed by atoms with van der Waals surface area (Å²) in [5, 5.41) is 9.42. The van der Waals surface area contributed by atoms with Crippen molar-refractivity contribution in [3.63, 3.8) is 0 Å². The summed E-state index contributed by atoms with van der Waals surface area (Å²) in [4.78, 5) is 11.5. The Kier molecular flexibility index (Phi) is 5.75. The first-order valence-electron chi connectivity index (χ1n) is 7.66. The van der Waals surface area contributed by atoms with Gasteiger partial charge in [-0.05, 0) is 18.6 Å². The first-order valence-corrected chi connectivity index (χ1v) is 7.66. The van der Waals surface area contributed by atoms with E-state index >= 15 is 0 Å². The number of hydrogen-bond acceptors (Lipinski definition) is 5. The van der Waals surface area contributed by atoms with Crippen molar-refractivity contribution in [3.8, 4) is 23.0 Å². The molecule has 2 aromatic carbocycles. The van der Waals surface area contributed by atoms with Gasteiger partial charge in [0.1, 0.15) is 0 Å². The molecule has 0 atom stereocenters. The lowest BCUT2D eigenvalue weighted by molar-refractivity contribution is 0.0696. The van der Waals surface area contributed by atoms with E-state index in [1.807, 2.05) is 13.0 Å². The number of carboxylic acid groups (broad SMARTS) is 1. The summed E-state index contributed by atoms with van der Waals surface area (Å²) < 4.78 is 21.9. The lowest BCUT2D eigenvalue weighted by atomic mass is 9.94. The highest BCUT2D eigenvalue weighted by Crippen LogP contribution is 2.49. The zero-order valence-electron chi connectivity index (χ0n) is 15.0. The minimum atomic E-state index is -0.973. The number of methoxy groups -OCH3 is 4. The molecule has 6 heteroatoms. The quantitative estimate of drug-likeness (QED) is 0.829. The van der Waals surface area contributed by atoms with E-state index in [1.165, 1.54) is 21.3 Å². The van der Waals surface area contributed by atoms with Crippen LogP contribution in [-0.2, 0) is 6.42 Å². The first kappa shape index (κ1) is 18.4. The van der Waals surface area contributed by atoms with E-state index in [2.05, 4.69) is 0 Å². The van der Waals surface area contributed by atoms with Gasteiger partial charge in [-0.3, -0.25) is 0 Å². The van der Waals surface area contributed by atoms with Crippen LogP contribution in [0.2, 0.25) is 0 Å². The van der Waals surface area contributed by atoms with E-state index in [1.54, 1.807) is 25.3 Å². The normalized spacial score (nSPS) is 10.3. The van der Waals surface area contributed by atoms with Gasteiger partial charge < -0.3 is 24.1 Å². The van der Waals surface area contributed by atoms with Gasteiger partial charge in [-0.15, -0.1) is 0 Å². The zero-order chi connectivity index (χ0) is 18.6. The van der Waals surface area contributed by atoms with Crippen molar-refractivity contribution in [1.29, 1.82) is 0 Å². The highest BCUT2D eigenvalue weighted by Gasteiger charge is 2.26. The van der Waals surface area contributed by atoms with Gasteiger partial charge in [-0.1, -0.05) is 18.2 Å². The highest BCUT2D eigenvalue weighted by atomic mass is 16.5. The van der Waals surface area contributed by atoms with Gasteiger partial charge in [-0.25, -0.2) is 4.79 Å². The Morgan fingerprint density at radius 2 is 1.40 bits per heavy atom. The molecule has 2 rings (SSSR count). The molecule has 0 heterocycles. The third-order valence-corrected chi connectivity index (χ3v) is 4.12. The Bertz CT molecular complexity index is 782. The summed E-state index contributed by atoms with van der Waals surface area (Å²) in [6, 6.07) is 6.87. The molecule has 0 spiro atoms. The maximum atomic E-state index is 11.5. The maximum Gasteiger partial charge on any atom is 0.335 e. The summed E-state index contributed by atoms with van der Waals surface area (Å²) in [5.74, 6) is 0.908. The Morgan fingerprint density at radius 3 is 1.92 bits per heavy atom. The number of benzene rings is 2. The highest BCUT2D eigenvalue weighted by molar-refractivity contribution is 5.89. The molecule has 0 aliphatic heterocycles. The molecule has 0 unspecified atom stereocenters. The minimum Gasteiger partial charge on any atom is -0.492 e. The van der Waals surface area contributed by atoms with Crippen LogP contribution in [0.25, 0.3) is 0 Å². The van der Waals surface area contributed by atoms with Crippen molar-refractivity contribution >= 4 is 5.97 Å². The fourth-order valence-electron chi connectivity index (χ4n) is 2.94. The van der Waals surface area contributed by atoms with Gasteiger partial charge in [0.25, 0.3) is 0 Å². The largest absolute Gasteiger partial charge is 0.492 e. The zero-order valence-corrected chi connectivity index (χ0v) is 15.0. The molecule has 0 saturated carbocycles. The Morgan fingerprint density at radius 1 is 0.880 bits per heavy atom. The smallest absolute Gasteiger partial charge is 0.335 e. The first-order chi connectivity index (χ1) is 12.0. The lowest BCUT2D eigenvalue weighted by Gasteiger charge is -2.22. The second kappa shape index (κ2) is 7.79. The summed E-state index contributed by atoms with van der Waals surface area (Å²) in [5.41, 5.74) is 2.51. The van der Waals surface area contributed by atoms with Gasteiger partial charge >= 0.3 is 5.97 Å². The average Bonchev–Trinajstić information content (AvgIpc) is 2.62. The fraction of sp³-hybridized carbons (Fsp3) is 0.316. The Balaban J connectivity index is 2.71. The van der Waals surface area contributed by atoms with Crippen LogP contribution in [0.3, 0.4) is 0 Å². The molecule has 0 fully saturated rings. The third kappa shape index (κ3) is 3.33. The minimum absolute atomic E-state index is 0.248. The molecule has 0 radical (unpaired) electrons. The summed E-state index contributed by atoms with van der Waals surface area (Å²) in [7, 11) is 6.13. The monoisotopic (exact) mass is 346 g/mol. The maximum absolute atomic E-state index is 11.5. The van der Waals surface area contributed by atoms with Crippen LogP contribution in [0.5, 0.6) is 23.0 Å². The summed E-state index contributed by atoms with van der Waals surface area (Å²) in [6.45, 7) is 1.88. The molecule has 0 aromatic heterocycles. The molecule has 134 valence electrons. The van der Waals surface area contributed by atoms with Crippen molar-refractivity contribution < 1.29 is 28.8 Å². The van der Waals surface area contributed by atoms with E-state index < -0.39 is 5.97 Å². The van der Waals surface area contributed by atoms with Crippen molar-refractivity contribution in [2.75, 3.05) is 28.4 Å². The standard InChI is InChI=1S/C19H22O6/c1-11-14(10-12-8-6-7-9-13(12)19(20)21)16(23-3)18(25-5)17(24-4)15(11)22-2/h6-9H,10H2,1-5H3,(H,20,21). The molecule has 0 saturated heterocycles. The van der Waals surface area contributed by atoms with Gasteiger partial charge in [-0.2, -0.15) is 0 Å². The summed E-state index contributed by atoms with van der Waals surface area (Å²) >= 11 is 0. The Hall–Kier alpha value is -2.89. The fourth-order valence-corrected chi connectivity index (χ4v) is 2.94. The molecule has 2 aromatic rings. The molecule has 0 amide bonds.